The Morgan fingerprint density at radius 2 is 1.73 bits per heavy atom. The molecule has 6 nitrogen and oxygen atoms in total. The van der Waals surface area contributed by atoms with E-state index in [0.717, 1.165) is 0 Å². The second kappa shape index (κ2) is 8.12. The summed E-state index contributed by atoms with van der Waals surface area (Å²) >= 11 is 12.2. The summed E-state index contributed by atoms with van der Waals surface area (Å²) in [4.78, 5) is 28.6. The van der Waals surface area contributed by atoms with E-state index >= 15 is 0 Å². The van der Waals surface area contributed by atoms with Crippen LogP contribution >= 0.6 is 23.2 Å². The highest BCUT2D eigenvalue weighted by Crippen LogP contribution is 2.30. The van der Waals surface area contributed by atoms with Gasteiger partial charge in [-0.1, -0.05) is 29.3 Å². The Morgan fingerprint density at radius 1 is 1.08 bits per heavy atom. The van der Waals surface area contributed by atoms with E-state index in [0.29, 0.717) is 47.7 Å². The monoisotopic (exact) mass is 395 g/mol. The van der Waals surface area contributed by atoms with Crippen molar-refractivity contribution in [1.29, 1.82) is 0 Å². The maximum atomic E-state index is 12.6. The maximum Gasteiger partial charge on any atom is 0.289 e. The predicted octanol–water partition coefficient (Wildman–Crippen LogP) is 3.37. The first-order valence-corrected chi connectivity index (χ1v) is 9.04. The predicted molar refractivity (Wildman–Crippen MR) is 101 cm³/mol. The molecule has 3 rings (SSSR count). The van der Waals surface area contributed by atoms with Gasteiger partial charge in [-0.15, -0.1) is 0 Å². The minimum absolute atomic E-state index is 0.130. The van der Waals surface area contributed by atoms with Crippen LogP contribution in [0.1, 0.15) is 17.5 Å². The first-order valence-electron chi connectivity index (χ1n) is 8.29. The molecule has 2 amide bonds. The largest absolute Gasteiger partial charge is 0.459 e. The minimum atomic E-state index is -0.372. The van der Waals surface area contributed by atoms with Gasteiger partial charge in [0.1, 0.15) is 0 Å². The average Bonchev–Trinajstić information content (AvgIpc) is 3.18. The third kappa shape index (κ3) is 4.03. The maximum absolute atomic E-state index is 12.6. The molecule has 1 aliphatic rings. The normalized spacial score (nSPS) is 16.3. The zero-order valence-corrected chi connectivity index (χ0v) is 15.8. The van der Waals surface area contributed by atoms with Gasteiger partial charge in [0.15, 0.2) is 5.76 Å². The molecular weight excluding hydrogens is 377 g/mol. The van der Waals surface area contributed by atoms with Crippen molar-refractivity contribution in [3.63, 3.8) is 0 Å². The van der Waals surface area contributed by atoms with Gasteiger partial charge in [0.05, 0.1) is 28.0 Å². The van der Waals surface area contributed by atoms with Crippen molar-refractivity contribution >= 4 is 40.7 Å². The Labute approximate surface area is 161 Å². The summed E-state index contributed by atoms with van der Waals surface area (Å²) < 4.78 is 5.16. The Hall–Kier alpha value is -2.02. The SMILES string of the molecule is C[C@@H](C(=O)Nc1c(Cl)cccc1Cl)N1CCN(C(=O)c2ccco2)CC1. The molecule has 0 radical (unpaired) electrons. The van der Waals surface area contributed by atoms with Crippen LogP contribution in [0.2, 0.25) is 10.0 Å². The number of amides is 2. The van der Waals surface area contributed by atoms with Gasteiger partial charge in [-0.25, -0.2) is 0 Å². The van der Waals surface area contributed by atoms with Gasteiger partial charge < -0.3 is 14.6 Å². The van der Waals surface area contributed by atoms with Gasteiger partial charge in [-0.05, 0) is 31.2 Å². The summed E-state index contributed by atoms with van der Waals surface area (Å²) in [5, 5.41) is 3.58. The molecule has 1 aliphatic heterocycles. The fraction of sp³-hybridized carbons (Fsp3) is 0.333. The first-order chi connectivity index (χ1) is 12.5. The van der Waals surface area contributed by atoms with Crippen LogP contribution in [-0.2, 0) is 4.79 Å². The van der Waals surface area contributed by atoms with Crippen molar-refractivity contribution < 1.29 is 14.0 Å². The van der Waals surface area contributed by atoms with Gasteiger partial charge in [0.2, 0.25) is 5.91 Å². The summed E-state index contributed by atoms with van der Waals surface area (Å²) in [5.41, 5.74) is 0.416. The fourth-order valence-corrected chi connectivity index (χ4v) is 3.37. The van der Waals surface area contributed by atoms with E-state index in [9.17, 15) is 9.59 Å². The number of hydrogen-bond donors (Lipinski definition) is 1. The molecule has 0 bridgehead atoms. The average molecular weight is 396 g/mol. The molecule has 26 heavy (non-hydrogen) atoms. The van der Waals surface area contributed by atoms with Crippen molar-refractivity contribution in [3.05, 3.63) is 52.4 Å². The van der Waals surface area contributed by atoms with Crippen molar-refractivity contribution in [2.45, 2.75) is 13.0 Å². The molecule has 1 fully saturated rings. The number of nitrogens with one attached hydrogen (secondary N) is 1. The van der Waals surface area contributed by atoms with Crippen LogP contribution in [0.4, 0.5) is 5.69 Å². The molecular formula is C18H19Cl2N3O3. The van der Waals surface area contributed by atoms with Crippen LogP contribution < -0.4 is 5.32 Å². The summed E-state index contributed by atoms with van der Waals surface area (Å²) in [7, 11) is 0. The van der Waals surface area contributed by atoms with Gasteiger partial charge in [-0.3, -0.25) is 14.5 Å². The molecule has 2 aromatic rings. The smallest absolute Gasteiger partial charge is 0.289 e. The van der Waals surface area contributed by atoms with Gasteiger partial charge in [0.25, 0.3) is 5.91 Å². The first kappa shape index (κ1) is 18.8. The number of nitrogens with zero attached hydrogens (tertiary/aromatic N) is 2. The van der Waals surface area contributed by atoms with Crippen molar-refractivity contribution in [3.8, 4) is 0 Å². The van der Waals surface area contributed by atoms with Crippen LogP contribution in [0.25, 0.3) is 0 Å². The number of halogens is 2. The molecule has 1 N–H and O–H groups in total. The molecule has 0 saturated carbocycles. The summed E-state index contributed by atoms with van der Waals surface area (Å²) in [5.74, 6) is 0.0121. The molecule has 138 valence electrons. The Balaban J connectivity index is 1.57. The Kier molecular flexibility index (Phi) is 5.86. The number of hydrogen-bond acceptors (Lipinski definition) is 4. The highest BCUT2D eigenvalue weighted by atomic mass is 35.5. The number of anilines is 1. The second-order valence-corrected chi connectivity index (χ2v) is 6.88. The third-order valence-electron chi connectivity index (χ3n) is 4.47. The zero-order chi connectivity index (χ0) is 18.7. The highest BCUT2D eigenvalue weighted by Gasteiger charge is 2.29. The lowest BCUT2D eigenvalue weighted by atomic mass is 10.2. The Bertz CT molecular complexity index is 767. The number of piperazine rings is 1. The van der Waals surface area contributed by atoms with E-state index in [-0.39, 0.29) is 17.9 Å². The van der Waals surface area contributed by atoms with E-state index in [1.165, 1.54) is 6.26 Å². The molecule has 2 heterocycles. The quantitative estimate of drug-likeness (QED) is 0.861. The molecule has 1 aromatic heterocycles. The number of furan rings is 1. The van der Waals surface area contributed by atoms with E-state index < -0.39 is 0 Å². The molecule has 1 saturated heterocycles. The minimum Gasteiger partial charge on any atom is -0.459 e. The van der Waals surface area contributed by atoms with Crippen LogP contribution in [0.3, 0.4) is 0 Å². The van der Waals surface area contributed by atoms with E-state index in [2.05, 4.69) is 5.32 Å². The van der Waals surface area contributed by atoms with Crippen molar-refractivity contribution in [2.24, 2.45) is 0 Å². The fourth-order valence-electron chi connectivity index (χ4n) is 2.88. The van der Waals surface area contributed by atoms with Crippen LogP contribution in [-0.4, -0.2) is 53.8 Å². The number of rotatable bonds is 4. The molecule has 0 unspecified atom stereocenters. The van der Waals surface area contributed by atoms with E-state index in [1.54, 1.807) is 35.2 Å². The Morgan fingerprint density at radius 3 is 2.31 bits per heavy atom. The van der Waals surface area contributed by atoms with Gasteiger partial charge in [0, 0.05) is 26.2 Å². The van der Waals surface area contributed by atoms with Gasteiger partial charge in [-0.2, -0.15) is 0 Å². The summed E-state index contributed by atoms with van der Waals surface area (Å²) in [6.45, 7) is 4.08. The van der Waals surface area contributed by atoms with Gasteiger partial charge >= 0.3 is 0 Å². The topological polar surface area (TPSA) is 65.8 Å². The molecule has 0 spiro atoms. The third-order valence-corrected chi connectivity index (χ3v) is 5.10. The number of benzene rings is 1. The van der Waals surface area contributed by atoms with Crippen molar-refractivity contribution in [2.75, 3.05) is 31.5 Å². The number of carbonyl (C=O) groups is 2. The molecule has 1 atom stereocenters. The molecule has 0 aliphatic carbocycles. The van der Waals surface area contributed by atoms with Crippen LogP contribution in [0, 0.1) is 0 Å². The molecule has 8 heteroatoms. The van der Waals surface area contributed by atoms with Crippen LogP contribution in [0.15, 0.2) is 41.0 Å². The van der Waals surface area contributed by atoms with Crippen molar-refractivity contribution in [1.82, 2.24) is 9.80 Å². The van der Waals surface area contributed by atoms with E-state index in [4.69, 9.17) is 27.6 Å². The van der Waals surface area contributed by atoms with E-state index in [1.807, 2.05) is 11.8 Å². The number of carbonyl (C=O) groups excluding carboxylic acids is 2. The summed E-state index contributed by atoms with van der Waals surface area (Å²) in [6, 6.07) is 8.04. The lowest BCUT2D eigenvalue weighted by Gasteiger charge is -2.37. The standard InChI is InChI=1S/C18H19Cl2N3O3/c1-12(17(24)21-16-13(19)4-2-5-14(16)20)22-7-9-23(10-8-22)18(25)15-6-3-11-26-15/h2-6,11-12H,7-10H2,1H3,(H,21,24)/t12-/m0/s1. The lowest BCUT2D eigenvalue weighted by molar-refractivity contribution is -0.121. The van der Waals surface area contributed by atoms with Crippen LogP contribution in [0.5, 0.6) is 0 Å². The summed E-state index contributed by atoms with van der Waals surface area (Å²) in [6.07, 6.45) is 1.48. The lowest BCUT2D eigenvalue weighted by Crippen LogP contribution is -2.54. The highest BCUT2D eigenvalue weighted by molar-refractivity contribution is 6.39. The number of para-hydroxylation sites is 1. The zero-order valence-electron chi connectivity index (χ0n) is 14.2. The second-order valence-electron chi connectivity index (χ2n) is 6.07. The molecule has 1 aromatic carbocycles.